The number of nitrogens with zero attached hydrogens (tertiary/aromatic N) is 2. The van der Waals surface area contributed by atoms with Crippen LogP contribution in [0, 0.1) is 5.92 Å². The van der Waals surface area contributed by atoms with Crippen molar-refractivity contribution in [1.29, 1.82) is 0 Å². The zero-order chi connectivity index (χ0) is 23.5. The van der Waals surface area contributed by atoms with Crippen LogP contribution in [0.1, 0.15) is 25.0 Å². The molecule has 4 rings (SSSR count). The number of amides is 1. The predicted octanol–water partition coefficient (Wildman–Crippen LogP) is 4.14. The topological polar surface area (TPSA) is 65.3 Å². The molecule has 2 aromatic carbocycles. The second-order valence-corrected chi connectivity index (χ2v) is 8.69. The van der Waals surface area contributed by atoms with Gasteiger partial charge in [-0.05, 0) is 36.6 Å². The lowest BCUT2D eigenvalue weighted by atomic mass is 9.98. The fourth-order valence-electron chi connectivity index (χ4n) is 4.57. The summed E-state index contributed by atoms with van der Waals surface area (Å²) in [6, 6.07) is 15.5. The Morgan fingerprint density at radius 3 is 1.94 bits per heavy atom. The van der Waals surface area contributed by atoms with Crippen LogP contribution < -0.4 is 5.32 Å². The normalized spacial score (nSPS) is 13.2. The quantitative estimate of drug-likeness (QED) is 0.415. The number of para-hydroxylation sites is 2. The Labute approximate surface area is 194 Å². The van der Waals surface area contributed by atoms with Crippen molar-refractivity contribution in [2.75, 3.05) is 6.61 Å². The van der Waals surface area contributed by atoms with Gasteiger partial charge >= 0.3 is 5.97 Å². The number of esters is 1. The van der Waals surface area contributed by atoms with E-state index in [2.05, 4.69) is 28.2 Å². The first-order chi connectivity index (χ1) is 15.9. The van der Waals surface area contributed by atoms with Gasteiger partial charge in [0.15, 0.2) is 0 Å². The van der Waals surface area contributed by atoms with Gasteiger partial charge in [-0.2, -0.15) is 0 Å². The zero-order valence-electron chi connectivity index (χ0n) is 19.7. The third kappa shape index (κ3) is 4.65. The molecule has 0 saturated heterocycles. The number of carbonyl (C=O) groups excluding carboxylic acids is 2. The first-order valence-corrected chi connectivity index (χ1v) is 11.4. The van der Waals surface area contributed by atoms with Crippen LogP contribution in [-0.2, 0) is 41.3 Å². The summed E-state index contributed by atoms with van der Waals surface area (Å²) in [6.07, 6.45) is 5.07. The average Bonchev–Trinajstić information content (AvgIpc) is 3.30. The van der Waals surface area contributed by atoms with Crippen LogP contribution in [-0.4, -0.2) is 33.7 Å². The number of benzene rings is 2. The highest BCUT2D eigenvalue weighted by Gasteiger charge is 2.26. The number of fused-ring (bicyclic) bond motifs is 2. The van der Waals surface area contributed by atoms with Gasteiger partial charge in [-0.25, -0.2) is 4.79 Å². The Balaban J connectivity index is 1.53. The minimum absolute atomic E-state index is 0.152. The van der Waals surface area contributed by atoms with Gasteiger partial charge in [-0.15, -0.1) is 0 Å². The number of hydrogen-bond donors (Lipinski definition) is 1. The van der Waals surface area contributed by atoms with Crippen molar-refractivity contribution in [2.45, 2.75) is 32.7 Å². The molecule has 0 bridgehead atoms. The summed E-state index contributed by atoms with van der Waals surface area (Å²) in [5, 5.41) is 5.20. The molecule has 0 aliphatic carbocycles. The summed E-state index contributed by atoms with van der Waals surface area (Å²) in [5.74, 6) is -0.849. The standard InChI is InChI=1S/C27H31N3O3/c1-5-33-27(32)23(15-20-17-30(4)25-13-9-7-11-22(20)25)28-26(31)18(2)14-19-16-29(3)24-12-8-6-10-21(19)24/h6-13,16-18,23H,5,14-15H2,1-4H3,(H,28,31)/t18-,23-/m1/s1. The lowest BCUT2D eigenvalue weighted by molar-refractivity contribution is -0.147. The highest BCUT2D eigenvalue weighted by molar-refractivity contribution is 5.89. The molecule has 6 nitrogen and oxygen atoms in total. The van der Waals surface area contributed by atoms with Crippen LogP contribution in [0.15, 0.2) is 60.9 Å². The predicted molar refractivity (Wildman–Crippen MR) is 131 cm³/mol. The summed E-state index contributed by atoms with van der Waals surface area (Å²) < 4.78 is 9.41. The minimum atomic E-state index is -0.738. The first kappa shape index (κ1) is 22.6. The molecule has 6 heteroatoms. The molecule has 1 amide bonds. The maximum atomic E-state index is 13.1. The van der Waals surface area contributed by atoms with Crippen LogP contribution in [0.4, 0.5) is 0 Å². The largest absolute Gasteiger partial charge is 0.464 e. The summed E-state index contributed by atoms with van der Waals surface area (Å²) in [6.45, 7) is 3.95. The second-order valence-electron chi connectivity index (χ2n) is 8.69. The molecule has 2 atom stereocenters. The van der Waals surface area contributed by atoms with Crippen LogP contribution >= 0.6 is 0 Å². The maximum absolute atomic E-state index is 13.1. The fourth-order valence-corrected chi connectivity index (χ4v) is 4.57. The van der Waals surface area contributed by atoms with Crippen molar-refractivity contribution in [3.05, 3.63) is 72.1 Å². The van der Waals surface area contributed by atoms with E-state index in [4.69, 9.17) is 4.74 Å². The molecule has 0 saturated carbocycles. The van der Waals surface area contributed by atoms with E-state index in [1.807, 2.05) is 68.2 Å². The highest BCUT2D eigenvalue weighted by Crippen LogP contribution is 2.24. The van der Waals surface area contributed by atoms with Gasteiger partial charge in [-0.1, -0.05) is 43.3 Å². The zero-order valence-corrected chi connectivity index (χ0v) is 19.7. The molecule has 1 N–H and O–H groups in total. The Kier molecular flexibility index (Phi) is 6.54. The average molecular weight is 446 g/mol. The molecule has 172 valence electrons. The van der Waals surface area contributed by atoms with Crippen molar-refractivity contribution in [2.24, 2.45) is 20.0 Å². The van der Waals surface area contributed by atoms with E-state index in [-0.39, 0.29) is 18.4 Å². The van der Waals surface area contributed by atoms with Gasteiger partial charge < -0.3 is 19.2 Å². The van der Waals surface area contributed by atoms with Crippen LogP contribution in [0.2, 0.25) is 0 Å². The van der Waals surface area contributed by atoms with E-state index in [0.29, 0.717) is 12.8 Å². The van der Waals surface area contributed by atoms with Gasteiger partial charge in [0, 0.05) is 60.6 Å². The summed E-state index contributed by atoms with van der Waals surface area (Å²) in [4.78, 5) is 25.9. The smallest absolute Gasteiger partial charge is 0.328 e. The van der Waals surface area contributed by atoms with Crippen molar-refractivity contribution in [3.8, 4) is 0 Å². The van der Waals surface area contributed by atoms with E-state index >= 15 is 0 Å². The molecule has 2 aromatic heterocycles. The summed E-state index contributed by atoms with van der Waals surface area (Å²) in [5.41, 5.74) is 4.36. The van der Waals surface area contributed by atoms with E-state index in [1.165, 1.54) is 0 Å². The number of carbonyl (C=O) groups is 2. The van der Waals surface area contributed by atoms with Crippen molar-refractivity contribution < 1.29 is 14.3 Å². The van der Waals surface area contributed by atoms with Gasteiger partial charge in [-0.3, -0.25) is 4.79 Å². The molecule has 0 aliphatic heterocycles. The molecule has 4 aromatic rings. The van der Waals surface area contributed by atoms with Crippen LogP contribution in [0.5, 0.6) is 0 Å². The lowest BCUT2D eigenvalue weighted by Crippen LogP contribution is -2.45. The number of ether oxygens (including phenoxy) is 1. The van der Waals surface area contributed by atoms with Gasteiger partial charge in [0.25, 0.3) is 0 Å². The van der Waals surface area contributed by atoms with E-state index in [0.717, 1.165) is 32.9 Å². The first-order valence-electron chi connectivity index (χ1n) is 11.4. The number of aryl methyl sites for hydroxylation is 2. The molecular formula is C27H31N3O3. The minimum Gasteiger partial charge on any atom is -0.464 e. The van der Waals surface area contributed by atoms with Crippen molar-refractivity contribution in [3.63, 3.8) is 0 Å². The molecular weight excluding hydrogens is 414 g/mol. The summed E-state index contributed by atoms with van der Waals surface area (Å²) in [7, 11) is 3.99. The van der Waals surface area contributed by atoms with Crippen molar-refractivity contribution >= 4 is 33.7 Å². The molecule has 0 aliphatic rings. The Morgan fingerprint density at radius 1 is 0.879 bits per heavy atom. The van der Waals surface area contributed by atoms with E-state index in [1.54, 1.807) is 6.92 Å². The maximum Gasteiger partial charge on any atom is 0.328 e. The van der Waals surface area contributed by atoms with Gasteiger partial charge in [0.05, 0.1) is 6.61 Å². The monoisotopic (exact) mass is 445 g/mol. The van der Waals surface area contributed by atoms with Crippen LogP contribution in [0.25, 0.3) is 21.8 Å². The number of nitrogens with one attached hydrogen (secondary N) is 1. The lowest BCUT2D eigenvalue weighted by Gasteiger charge is -2.20. The fraction of sp³-hybridized carbons (Fsp3) is 0.333. The van der Waals surface area contributed by atoms with Crippen LogP contribution in [0.3, 0.4) is 0 Å². The number of rotatable bonds is 8. The summed E-state index contributed by atoms with van der Waals surface area (Å²) >= 11 is 0. The van der Waals surface area contributed by atoms with Gasteiger partial charge in [0.2, 0.25) is 5.91 Å². The Hall–Kier alpha value is -3.54. The molecule has 0 fully saturated rings. The number of hydrogen-bond acceptors (Lipinski definition) is 3. The third-order valence-electron chi connectivity index (χ3n) is 6.24. The number of aromatic nitrogens is 2. The second kappa shape index (κ2) is 9.53. The van der Waals surface area contributed by atoms with E-state index in [9.17, 15) is 9.59 Å². The van der Waals surface area contributed by atoms with Crippen molar-refractivity contribution in [1.82, 2.24) is 14.5 Å². The highest BCUT2D eigenvalue weighted by atomic mass is 16.5. The molecule has 0 radical (unpaired) electrons. The van der Waals surface area contributed by atoms with Gasteiger partial charge in [0.1, 0.15) is 6.04 Å². The molecule has 0 spiro atoms. The SMILES string of the molecule is CCOC(=O)[C@@H](Cc1cn(C)c2ccccc12)NC(=O)[C@H](C)Cc1cn(C)c2ccccc12. The Morgan fingerprint density at radius 2 is 1.39 bits per heavy atom. The molecule has 0 unspecified atom stereocenters. The Bertz CT molecular complexity index is 1300. The molecule has 33 heavy (non-hydrogen) atoms. The molecule has 2 heterocycles. The van der Waals surface area contributed by atoms with E-state index < -0.39 is 12.0 Å². The third-order valence-corrected chi connectivity index (χ3v) is 6.24.